The minimum Gasteiger partial charge on any atom is -0.453 e. The molecule has 1 atom stereocenters. The van der Waals surface area contributed by atoms with Gasteiger partial charge in [0, 0.05) is 5.92 Å². The molecular weight excluding hydrogens is 338 g/mol. The van der Waals surface area contributed by atoms with E-state index in [-0.39, 0.29) is 5.69 Å². The van der Waals surface area contributed by atoms with Gasteiger partial charge in [-0.15, -0.1) is 0 Å². The van der Waals surface area contributed by atoms with E-state index in [0.29, 0.717) is 5.92 Å². The Balaban J connectivity index is 1.80. The smallest absolute Gasteiger partial charge is 0.413 e. The summed E-state index contributed by atoms with van der Waals surface area (Å²) in [5.41, 5.74) is 1.78. The molecule has 1 saturated carbocycles. The topological polar surface area (TPSA) is 99.5 Å². The number of hydrogen-bond acceptors (Lipinski definition) is 6. The van der Waals surface area contributed by atoms with Crippen LogP contribution in [0.4, 0.5) is 4.79 Å². The molecule has 0 aliphatic heterocycles. The number of rotatable bonds is 5. The van der Waals surface area contributed by atoms with Crippen LogP contribution in [-0.2, 0) is 14.3 Å². The van der Waals surface area contributed by atoms with E-state index >= 15 is 0 Å². The van der Waals surface area contributed by atoms with Crippen LogP contribution in [0.25, 0.3) is 5.69 Å². The molecule has 0 unspecified atom stereocenters. The number of aromatic nitrogens is 2. The Bertz CT molecular complexity index is 827. The second kappa shape index (κ2) is 7.38. The van der Waals surface area contributed by atoms with Gasteiger partial charge in [-0.1, -0.05) is 18.2 Å². The monoisotopic (exact) mass is 357 g/mol. The Hall–Kier alpha value is -3.16. The third-order valence-corrected chi connectivity index (χ3v) is 4.00. The van der Waals surface area contributed by atoms with E-state index in [1.165, 1.54) is 11.6 Å². The van der Waals surface area contributed by atoms with Gasteiger partial charge in [0.05, 0.1) is 18.5 Å². The van der Waals surface area contributed by atoms with Gasteiger partial charge < -0.3 is 9.47 Å². The highest BCUT2D eigenvalue weighted by molar-refractivity contribution is 5.96. The summed E-state index contributed by atoms with van der Waals surface area (Å²) in [6.07, 6.45) is 0.00421. The first-order valence-electron chi connectivity index (χ1n) is 8.24. The average Bonchev–Trinajstić information content (AvgIpc) is 3.40. The number of methoxy groups -OCH3 is 1. The van der Waals surface area contributed by atoms with Gasteiger partial charge in [-0.2, -0.15) is 5.10 Å². The highest BCUT2D eigenvalue weighted by atomic mass is 16.6. The van der Waals surface area contributed by atoms with Crippen molar-refractivity contribution in [3.8, 4) is 5.69 Å². The van der Waals surface area contributed by atoms with Gasteiger partial charge in [0.15, 0.2) is 11.8 Å². The fourth-order valence-corrected chi connectivity index (χ4v) is 2.42. The number of carbonyl (C=O) groups excluding carboxylic acids is 3. The second-order valence-corrected chi connectivity index (χ2v) is 6.00. The molecule has 1 aliphatic rings. The highest BCUT2D eigenvalue weighted by Crippen LogP contribution is 2.39. The van der Waals surface area contributed by atoms with Crippen LogP contribution in [-0.4, -0.2) is 41.0 Å². The number of carbonyl (C=O) groups is 3. The SMILES string of the molecule is COC(=O)NC(=O)[C@H](C)OC(=O)c1cc(C2CC2)nn1-c1ccccc1. The zero-order chi connectivity index (χ0) is 18.7. The molecule has 1 aromatic carbocycles. The van der Waals surface area contributed by atoms with Crippen LogP contribution in [0.2, 0.25) is 0 Å². The number of imide groups is 1. The molecule has 2 amide bonds. The number of amides is 2. The summed E-state index contributed by atoms with van der Waals surface area (Å²) in [6.45, 7) is 1.38. The van der Waals surface area contributed by atoms with Crippen molar-refractivity contribution >= 4 is 18.0 Å². The van der Waals surface area contributed by atoms with E-state index in [1.807, 2.05) is 35.6 Å². The van der Waals surface area contributed by atoms with E-state index < -0.39 is 24.1 Å². The summed E-state index contributed by atoms with van der Waals surface area (Å²) in [5.74, 6) is -1.11. The third-order valence-electron chi connectivity index (χ3n) is 4.00. The first-order valence-corrected chi connectivity index (χ1v) is 8.24. The fraction of sp³-hybridized carbons (Fsp3) is 0.333. The summed E-state index contributed by atoms with van der Waals surface area (Å²) in [7, 11) is 1.14. The number of esters is 1. The lowest BCUT2D eigenvalue weighted by Crippen LogP contribution is -2.39. The molecule has 1 heterocycles. The van der Waals surface area contributed by atoms with Crippen molar-refractivity contribution in [3.05, 3.63) is 47.8 Å². The van der Waals surface area contributed by atoms with Crippen molar-refractivity contribution in [1.29, 1.82) is 0 Å². The van der Waals surface area contributed by atoms with E-state index in [9.17, 15) is 14.4 Å². The molecule has 0 saturated heterocycles. The predicted octanol–water partition coefficient (Wildman–Crippen LogP) is 2.18. The molecule has 8 nitrogen and oxygen atoms in total. The minimum atomic E-state index is -1.16. The van der Waals surface area contributed by atoms with Crippen molar-refractivity contribution in [3.63, 3.8) is 0 Å². The second-order valence-electron chi connectivity index (χ2n) is 6.00. The van der Waals surface area contributed by atoms with E-state index in [4.69, 9.17) is 4.74 Å². The Morgan fingerprint density at radius 2 is 1.92 bits per heavy atom. The van der Waals surface area contributed by atoms with Gasteiger partial charge in [-0.25, -0.2) is 14.3 Å². The number of nitrogens with zero attached hydrogens (tertiary/aromatic N) is 2. The summed E-state index contributed by atoms with van der Waals surface area (Å²) >= 11 is 0. The lowest BCUT2D eigenvalue weighted by Gasteiger charge is -2.13. The molecule has 1 N–H and O–H groups in total. The first-order chi connectivity index (χ1) is 12.5. The van der Waals surface area contributed by atoms with Gasteiger partial charge in [0.1, 0.15) is 0 Å². The molecule has 3 rings (SSSR count). The summed E-state index contributed by atoms with van der Waals surface area (Å²) < 4.78 is 11.1. The quantitative estimate of drug-likeness (QED) is 0.824. The largest absolute Gasteiger partial charge is 0.453 e. The number of para-hydroxylation sites is 1. The van der Waals surface area contributed by atoms with E-state index in [0.717, 1.165) is 31.3 Å². The first kappa shape index (κ1) is 17.7. The number of hydrogen-bond donors (Lipinski definition) is 1. The highest BCUT2D eigenvalue weighted by Gasteiger charge is 2.30. The van der Waals surface area contributed by atoms with Gasteiger partial charge >= 0.3 is 12.1 Å². The Morgan fingerprint density at radius 3 is 2.54 bits per heavy atom. The normalized spacial score (nSPS) is 14.4. The summed E-state index contributed by atoms with van der Waals surface area (Å²) in [4.78, 5) is 35.5. The van der Waals surface area contributed by atoms with Crippen LogP contribution in [0.15, 0.2) is 36.4 Å². The molecule has 2 aromatic rings. The van der Waals surface area contributed by atoms with Crippen LogP contribution in [0.3, 0.4) is 0 Å². The zero-order valence-electron chi connectivity index (χ0n) is 14.5. The van der Waals surface area contributed by atoms with Crippen LogP contribution >= 0.6 is 0 Å². The number of alkyl carbamates (subject to hydrolysis) is 1. The van der Waals surface area contributed by atoms with Gasteiger partial charge in [0.2, 0.25) is 0 Å². The van der Waals surface area contributed by atoms with Crippen molar-refractivity contribution < 1.29 is 23.9 Å². The number of nitrogens with one attached hydrogen (secondary N) is 1. The van der Waals surface area contributed by atoms with Gasteiger partial charge in [-0.05, 0) is 38.0 Å². The Labute approximate surface area is 150 Å². The number of benzene rings is 1. The Morgan fingerprint density at radius 1 is 1.23 bits per heavy atom. The van der Waals surface area contributed by atoms with E-state index in [1.54, 1.807) is 6.07 Å². The molecule has 0 radical (unpaired) electrons. The molecule has 26 heavy (non-hydrogen) atoms. The zero-order valence-corrected chi connectivity index (χ0v) is 14.5. The maximum atomic E-state index is 12.6. The van der Waals surface area contributed by atoms with Crippen LogP contribution in [0.1, 0.15) is 41.9 Å². The molecule has 8 heteroatoms. The molecule has 1 aliphatic carbocycles. The average molecular weight is 357 g/mol. The fourth-order valence-electron chi connectivity index (χ4n) is 2.42. The molecular formula is C18H19N3O5. The molecule has 1 aromatic heterocycles. The van der Waals surface area contributed by atoms with Gasteiger partial charge in [-0.3, -0.25) is 10.1 Å². The van der Waals surface area contributed by atoms with E-state index in [2.05, 4.69) is 9.84 Å². The lowest BCUT2D eigenvalue weighted by molar-refractivity contribution is -0.128. The van der Waals surface area contributed by atoms with Crippen LogP contribution < -0.4 is 5.32 Å². The van der Waals surface area contributed by atoms with Crippen molar-refractivity contribution in [1.82, 2.24) is 15.1 Å². The molecule has 136 valence electrons. The van der Waals surface area contributed by atoms with Crippen molar-refractivity contribution in [2.24, 2.45) is 0 Å². The maximum Gasteiger partial charge on any atom is 0.413 e. The third kappa shape index (κ3) is 3.90. The van der Waals surface area contributed by atoms with Crippen LogP contribution in [0, 0.1) is 0 Å². The molecule has 0 spiro atoms. The predicted molar refractivity (Wildman–Crippen MR) is 91.0 cm³/mol. The summed E-state index contributed by atoms with van der Waals surface area (Å²) in [5, 5.41) is 6.48. The molecule has 0 bridgehead atoms. The standard InChI is InChI=1S/C18H19N3O5/c1-11(16(22)19-18(24)25-2)26-17(23)15-10-14(12-8-9-12)20-21(15)13-6-4-3-5-7-13/h3-7,10-12H,8-9H2,1-2H3,(H,19,22,24)/t11-/m0/s1. The summed E-state index contributed by atoms with van der Waals surface area (Å²) in [6, 6.07) is 10.9. The van der Waals surface area contributed by atoms with Crippen molar-refractivity contribution in [2.45, 2.75) is 31.8 Å². The number of ether oxygens (including phenoxy) is 2. The van der Waals surface area contributed by atoms with Gasteiger partial charge in [0.25, 0.3) is 5.91 Å². The van der Waals surface area contributed by atoms with Crippen molar-refractivity contribution in [2.75, 3.05) is 7.11 Å². The Kier molecular flexibility index (Phi) is 5.01. The molecule has 1 fully saturated rings. The van der Waals surface area contributed by atoms with Crippen LogP contribution in [0.5, 0.6) is 0 Å². The minimum absolute atomic E-state index is 0.232. The maximum absolute atomic E-state index is 12.6. The lowest BCUT2D eigenvalue weighted by atomic mass is 10.2.